The molecule has 2 unspecified atom stereocenters. The highest BCUT2D eigenvalue weighted by Crippen LogP contribution is 2.28. The Morgan fingerprint density at radius 1 is 1.16 bits per heavy atom. The average Bonchev–Trinajstić information content (AvgIpc) is 2.77. The zero-order valence-electron chi connectivity index (χ0n) is 17.8. The van der Waals surface area contributed by atoms with Gasteiger partial charge < -0.3 is 16.0 Å². The molecular formula is C23H28N8. The van der Waals surface area contributed by atoms with Crippen LogP contribution < -0.4 is 16.0 Å². The van der Waals surface area contributed by atoms with Gasteiger partial charge in [0.15, 0.2) is 0 Å². The summed E-state index contributed by atoms with van der Waals surface area (Å²) in [6, 6.07) is 9.35. The number of hydrogen-bond donors (Lipinski definition) is 3. The first-order valence-corrected chi connectivity index (χ1v) is 10.9. The molecule has 0 amide bonds. The second kappa shape index (κ2) is 10.1. The van der Waals surface area contributed by atoms with Crippen LogP contribution in [0.15, 0.2) is 43.0 Å². The quantitative estimate of drug-likeness (QED) is 0.469. The van der Waals surface area contributed by atoms with Gasteiger partial charge in [0.2, 0.25) is 0 Å². The number of nitriles is 1. The Morgan fingerprint density at radius 3 is 2.94 bits per heavy atom. The standard InChI is InChI=1S/C23H28N8/c1-16-12-18(13-17(28-16)6-3-2-4-8-24)29-23-19-7-5-9-26-20(19)14-21(31-23)30-22-15-25-10-11-27-22/h5,7,9-11,14-18,28H,2-4,6,12-13H2,1H3,(H2,27,29,30,31)/t16?,17-,18?/m0/s1. The van der Waals surface area contributed by atoms with Gasteiger partial charge in [-0.25, -0.2) is 9.97 Å². The molecule has 3 aromatic heterocycles. The van der Waals surface area contributed by atoms with Gasteiger partial charge in [-0.05, 0) is 44.7 Å². The van der Waals surface area contributed by atoms with Crippen molar-refractivity contribution in [2.75, 3.05) is 10.6 Å². The van der Waals surface area contributed by atoms with Gasteiger partial charge in [-0.3, -0.25) is 9.97 Å². The first-order valence-electron chi connectivity index (χ1n) is 10.9. The molecule has 0 aliphatic carbocycles. The summed E-state index contributed by atoms with van der Waals surface area (Å²) < 4.78 is 0. The molecule has 3 N–H and O–H groups in total. The summed E-state index contributed by atoms with van der Waals surface area (Å²) in [5.41, 5.74) is 0.876. The summed E-state index contributed by atoms with van der Waals surface area (Å²) in [6.45, 7) is 2.23. The van der Waals surface area contributed by atoms with Crippen LogP contribution in [-0.2, 0) is 0 Å². The Kier molecular flexibility index (Phi) is 6.85. The minimum absolute atomic E-state index is 0.319. The van der Waals surface area contributed by atoms with E-state index in [0.29, 0.717) is 36.2 Å². The second-order valence-electron chi connectivity index (χ2n) is 8.12. The van der Waals surface area contributed by atoms with E-state index in [2.05, 4.69) is 43.9 Å². The van der Waals surface area contributed by atoms with Crippen LogP contribution in [0.4, 0.5) is 17.5 Å². The Labute approximate surface area is 182 Å². The Hall–Kier alpha value is -3.31. The molecule has 0 saturated carbocycles. The number of aromatic nitrogens is 4. The van der Waals surface area contributed by atoms with Gasteiger partial charge in [0, 0.05) is 54.6 Å². The van der Waals surface area contributed by atoms with Gasteiger partial charge >= 0.3 is 0 Å². The fourth-order valence-electron chi connectivity index (χ4n) is 4.26. The molecule has 4 rings (SSSR count). The predicted molar refractivity (Wildman–Crippen MR) is 122 cm³/mol. The zero-order chi connectivity index (χ0) is 21.5. The normalized spacial score (nSPS) is 20.8. The van der Waals surface area contributed by atoms with Crippen LogP contribution >= 0.6 is 0 Å². The minimum atomic E-state index is 0.319. The first-order chi connectivity index (χ1) is 15.2. The lowest BCUT2D eigenvalue weighted by Gasteiger charge is -2.35. The van der Waals surface area contributed by atoms with Crippen molar-refractivity contribution >= 4 is 28.4 Å². The summed E-state index contributed by atoms with van der Waals surface area (Å²) in [4.78, 5) is 17.8. The van der Waals surface area contributed by atoms with Crippen molar-refractivity contribution in [3.63, 3.8) is 0 Å². The van der Waals surface area contributed by atoms with Gasteiger partial charge in [0.05, 0.1) is 17.8 Å². The van der Waals surface area contributed by atoms with Crippen molar-refractivity contribution in [3.05, 3.63) is 43.0 Å². The molecule has 0 radical (unpaired) electrons. The lowest BCUT2D eigenvalue weighted by atomic mass is 9.91. The Bertz CT molecular complexity index is 1030. The van der Waals surface area contributed by atoms with Gasteiger partial charge in [-0.15, -0.1) is 0 Å². The highest BCUT2D eigenvalue weighted by atomic mass is 15.1. The van der Waals surface area contributed by atoms with E-state index < -0.39 is 0 Å². The molecule has 3 aromatic rings. The SMILES string of the molecule is CC1CC(Nc2nc(Nc3cnccn3)cc3ncccc23)C[C@H](CCCCC#N)N1. The summed E-state index contributed by atoms with van der Waals surface area (Å²) in [7, 11) is 0. The largest absolute Gasteiger partial charge is 0.367 e. The van der Waals surface area contributed by atoms with Crippen LogP contribution in [0.25, 0.3) is 10.9 Å². The molecular weight excluding hydrogens is 388 g/mol. The molecule has 1 aliphatic heterocycles. The third-order valence-electron chi connectivity index (χ3n) is 5.58. The highest BCUT2D eigenvalue weighted by molar-refractivity contribution is 5.91. The molecule has 4 heterocycles. The summed E-state index contributed by atoms with van der Waals surface area (Å²) in [6.07, 6.45) is 12.6. The topological polar surface area (TPSA) is 111 Å². The van der Waals surface area contributed by atoms with Crippen molar-refractivity contribution in [1.29, 1.82) is 5.26 Å². The van der Waals surface area contributed by atoms with E-state index in [-0.39, 0.29) is 0 Å². The summed E-state index contributed by atoms with van der Waals surface area (Å²) >= 11 is 0. The van der Waals surface area contributed by atoms with Gasteiger partial charge in [-0.1, -0.05) is 6.42 Å². The number of nitrogens with one attached hydrogen (secondary N) is 3. The molecule has 8 heteroatoms. The maximum atomic E-state index is 8.75. The lowest BCUT2D eigenvalue weighted by Crippen LogP contribution is -2.48. The molecule has 3 atom stereocenters. The maximum absolute atomic E-state index is 8.75. The van der Waals surface area contributed by atoms with E-state index in [1.807, 2.05) is 18.2 Å². The van der Waals surface area contributed by atoms with Crippen LogP contribution in [0.3, 0.4) is 0 Å². The van der Waals surface area contributed by atoms with Crippen molar-refractivity contribution in [3.8, 4) is 6.07 Å². The van der Waals surface area contributed by atoms with Gasteiger partial charge in [0.1, 0.15) is 17.5 Å². The van der Waals surface area contributed by atoms with Gasteiger partial charge in [0.25, 0.3) is 0 Å². The van der Waals surface area contributed by atoms with Crippen LogP contribution in [0.5, 0.6) is 0 Å². The first kappa shape index (κ1) is 20.9. The van der Waals surface area contributed by atoms with Crippen LogP contribution in [0, 0.1) is 11.3 Å². The molecule has 1 saturated heterocycles. The zero-order valence-corrected chi connectivity index (χ0v) is 17.8. The van der Waals surface area contributed by atoms with E-state index in [0.717, 1.165) is 48.8 Å². The van der Waals surface area contributed by atoms with Crippen LogP contribution in [0.1, 0.15) is 45.4 Å². The number of fused-ring (bicyclic) bond motifs is 1. The third kappa shape index (κ3) is 5.64. The number of nitrogens with zero attached hydrogens (tertiary/aromatic N) is 5. The molecule has 1 fully saturated rings. The lowest BCUT2D eigenvalue weighted by molar-refractivity contribution is 0.297. The fourth-order valence-corrected chi connectivity index (χ4v) is 4.26. The summed E-state index contributed by atoms with van der Waals surface area (Å²) in [5, 5.41) is 20.4. The number of pyridine rings is 2. The smallest absolute Gasteiger partial charge is 0.150 e. The number of unbranched alkanes of at least 4 members (excludes halogenated alkanes) is 2. The molecule has 31 heavy (non-hydrogen) atoms. The van der Waals surface area contributed by atoms with Crippen molar-refractivity contribution < 1.29 is 0 Å². The number of anilines is 3. The maximum Gasteiger partial charge on any atom is 0.150 e. The third-order valence-corrected chi connectivity index (χ3v) is 5.58. The van der Waals surface area contributed by atoms with E-state index in [1.165, 1.54) is 0 Å². The minimum Gasteiger partial charge on any atom is -0.367 e. The summed E-state index contributed by atoms with van der Waals surface area (Å²) in [5.74, 6) is 2.16. The Morgan fingerprint density at radius 2 is 2.10 bits per heavy atom. The molecule has 1 aliphatic rings. The van der Waals surface area contributed by atoms with E-state index >= 15 is 0 Å². The fraction of sp³-hybridized carbons (Fsp3) is 0.435. The van der Waals surface area contributed by atoms with E-state index in [4.69, 9.17) is 10.2 Å². The Balaban J connectivity index is 1.52. The molecule has 0 spiro atoms. The van der Waals surface area contributed by atoms with E-state index in [9.17, 15) is 0 Å². The van der Waals surface area contributed by atoms with Crippen molar-refractivity contribution in [1.82, 2.24) is 25.3 Å². The van der Waals surface area contributed by atoms with Crippen LogP contribution in [-0.4, -0.2) is 38.1 Å². The monoisotopic (exact) mass is 416 g/mol. The van der Waals surface area contributed by atoms with E-state index in [1.54, 1.807) is 24.8 Å². The number of rotatable bonds is 8. The predicted octanol–water partition coefficient (Wildman–Crippen LogP) is 4.17. The highest BCUT2D eigenvalue weighted by Gasteiger charge is 2.26. The molecule has 0 aromatic carbocycles. The van der Waals surface area contributed by atoms with Crippen LogP contribution in [0.2, 0.25) is 0 Å². The average molecular weight is 417 g/mol. The second-order valence-corrected chi connectivity index (χ2v) is 8.12. The molecule has 0 bridgehead atoms. The molecule has 8 nitrogen and oxygen atoms in total. The number of hydrogen-bond acceptors (Lipinski definition) is 8. The molecule has 160 valence electrons. The van der Waals surface area contributed by atoms with Gasteiger partial charge in [-0.2, -0.15) is 5.26 Å². The van der Waals surface area contributed by atoms with Crippen molar-refractivity contribution in [2.45, 2.75) is 63.6 Å². The number of piperidine rings is 1. The van der Waals surface area contributed by atoms with Crippen molar-refractivity contribution in [2.24, 2.45) is 0 Å².